The number of carbonyl (C=O) groups is 2. The average molecular weight is 355 g/mol. The summed E-state index contributed by atoms with van der Waals surface area (Å²) >= 11 is 1.94. The van der Waals surface area contributed by atoms with Crippen molar-refractivity contribution < 1.29 is 9.59 Å². The van der Waals surface area contributed by atoms with E-state index in [-0.39, 0.29) is 36.1 Å². The number of rotatable bonds is 6. The van der Waals surface area contributed by atoms with E-state index < -0.39 is 0 Å². The topological polar surface area (TPSA) is 87.5 Å². The lowest BCUT2D eigenvalue weighted by Gasteiger charge is -2.38. The van der Waals surface area contributed by atoms with Crippen molar-refractivity contribution in [2.45, 2.75) is 81.3 Å². The molecule has 0 saturated carbocycles. The number of piperidine rings is 1. The molecule has 3 saturated heterocycles. The molecule has 0 bridgehead atoms. The number of thioether (sulfide) groups is 1. The van der Waals surface area contributed by atoms with Gasteiger partial charge in [0.25, 0.3) is 0 Å². The Morgan fingerprint density at radius 3 is 3.00 bits per heavy atom. The van der Waals surface area contributed by atoms with Crippen LogP contribution >= 0.6 is 11.8 Å². The van der Waals surface area contributed by atoms with Gasteiger partial charge in [0.2, 0.25) is 5.91 Å². The van der Waals surface area contributed by atoms with Crippen LogP contribution in [0, 0.1) is 0 Å². The molecule has 136 valence electrons. The standard InChI is InChI=1S/C17H30N4O2S/c1-11(18)13-6-4-5-9-21(13)15(22)8-3-2-7-14-16-12(10-24-14)19-17(23)20-16/h11-14,16H,2-10,18H2,1H3,(H2,19,20,23)/t11?,12-,13?,14-,16-/m0/s1. The third-order valence-corrected chi connectivity index (χ3v) is 7.05. The number of amides is 3. The Kier molecular flexibility index (Phi) is 5.92. The molecule has 2 unspecified atom stereocenters. The highest BCUT2D eigenvalue weighted by Gasteiger charge is 2.42. The Bertz CT molecular complexity index is 474. The van der Waals surface area contributed by atoms with Gasteiger partial charge in [-0.15, -0.1) is 0 Å². The first-order valence-corrected chi connectivity index (χ1v) is 10.3. The van der Waals surface area contributed by atoms with Crippen LogP contribution in [0.15, 0.2) is 0 Å². The second-order valence-electron chi connectivity index (χ2n) is 7.38. The summed E-state index contributed by atoms with van der Waals surface area (Å²) < 4.78 is 0. The molecule has 0 aromatic carbocycles. The molecule has 3 fully saturated rings. The number of unbranched alkanes of at least 4 members (excludes halogenated alkanes) is 1. The molecular weight excluding hydrogens is 324 g/mol. The minimum Gasteiger partial charge on any atom is -0.338 e. The Morgan fingerprint density at radius 2 is 2.21 bits per heavy atom. The summed E-state index contributed by atoms with van der Waals surface area (Å²) in [7, 11) is 0. The van der Waals surface area contributed by atoms with Crippen LogP contribution in [0.1, 0.15) is 51.9 Å². The molecule has 0 spiro atoms. The van der Waals surface area contributed by atoms with Gasteiger partial charge >= 0.3 is 6.03 Å². The van der Waals surface area contributed by atoms with Crippen LogP contribution in [-0.2, 0) is 4.79 Å². The van der Waals surface area contributed by atoms with Crippen molar-refractivity contribution >= 4 is 23.7 Å². The van der Waals surface area contributed by atoms with E-state index in [0.29, 0.717) is 11.7 Å². The van der Waals surface area contributed by atoms with Crippen molar-refractivity contribution in [1.29, 1.82) is 0 Å². The van der Waals surface area contributed by atoms with Gasteiger partial charge in [0.05, 0.1) is 12.1 Å². The summed E-state index contributed by atoms with van der Waals surface area (Å²) in [5, 5.41) is 6.48. The average Bonchev–Trinajstić information content (AvgIpc) is 3.11. The Balaban J connectivity index is 1.38. The predicted molar refractivity (Wildman–Crippen MR) is 97.0 cm³/mol. The van der Waals surface area contributed by atoms with Gasteiger partial charge in [-0.1, -0.05) is 6.42 Å². The molecule has 0 aromatic rings. The number of fused-ring (bicyclic) bond motifs is 1. The zero-order chi connectivity index (χ0) is 17.1. The first-order chi connectivity index (χ1) is 11.6. The lowest BCUT2D eigenvalue weighted by Crippen LogP contribution is -2.51. The maximum atomic E-state index is 12.5. The summed E-state index contributed by atoms with van der Waals surface area (Å²) in [4.78, 5) is 25.9. The molecule has 3 amide bonds. The van der Waals surface area contributed by atoms with E-state index in [9.17, 15) is 9.59 Å². The normalized spacial score (nSPS) is 33.8. The summed E-state index contributed by atoms with van der Waals surface area (Å²) in [6.45, 7) is 2.87. The monoisotopic (exact) mass is 354 g/mol. The zero-order valence-corrected chi connectivity index (χ0v) is 15.3. The molecule has 0 aromatic heterocycles. The number of hydrogen-bond acceptors (Lipinski definition) is 4. The van der Waals surface area contributed by atoms with Gasteiger partial charge in [-0.05, 0) is 39.0 Å². The maximum Gasteiger partial charge on any atom is 0.315 e. The van der Waals surface area contributed by atoms with E-state index in [0.717, 1.165) is 44.4 Å². The molecule has 3 heterocycles. The fourth-order valence-electron chi connectivity index (χ4n) is 4.22. The molecule has 7 heteroatoms. The fraction of sp³-hybridized carbons (Fsp3) is 0.882. The highest BCUT2D eigenvalue weighted by Crippen LogP contribution is 2.33. The van der Waals surface area contributed by atoms with Crippen molar-refractivity contribution in [3.63, 3.8) is 0 Å². The summed E-state index contributed by atoms with van der Waals surface area (Å²) in [6, 6.07) is 0.797. The molecule has 5 atom stereocenters. The van der Waals surface area contributed by atoms with Crippen molar-refractivity contribution in [3.8, 4) is 0 Å². The number of nitrogens with one attached hydrogen (secondary N) is 2. The van der Waals surface area contributed by atoms with Crippen LogP contribution in [0.2, 0.25) is 0 Å². The van der Waals surface area contributed by atoms with Crippen molar-refractivity contribution in [3.05, 3.63) is 0 Å². The first-order valence-electron chi connectivity index (χ1n) is 9.30. The number of hydrogen-bond donors (Lipinski definition) is 3. The van der Waals surface area contributed by atoms with Crippen LogP contribution in [0.25, 0.3) is 0 Å². The lowest BCUT2D eigenvalue weighted by molar-refractivity contribution is -0.135. The molecule has 3 aliphatic heterocycles. The molecule has 3 aliphatic rings. The quantitative estimate of drug-likeness (QED) is 0.497. The second kappa shape index (κ2) is 7.95. The van der Waals surface area contributed by atoms with Crippen LogP contribution in [0.3, 0.4) is 0 Å². The Hall–Kier alpha value is -0.950. The number of urea groups is 1. The smallest absolute Gasteiger partial charge is 0.315 e. The number of carbonyl (C=O) groups excluding carboxylic acids is 2. The fourth-order valence-corrected chi connectivity index (χ4v) is 5.77. The molecule has 24 heavy (non-hydrogen) atoms. The number of likely N-dealkylation sites (tertiary alicyclic amines) is 1. The molecule has 3 rings (SSSR count). The van der Waals surface area contributed by atoms with Crippen molar-refractivity contribution in [2.24, 2.45) is 5.73 Å². The molecule has 6 nitrogen and oxygen atoms in total. The van der Waals surface area contributed by atoms with E-state index in [1.165, 1.54) is 6.42 Å². The van der Waals surface area contributed by atoms with Crippen LogP contribution in [-0.4, -0.2) is 58.6 Å². The van der Waals surface area contributed by atoms with Gasteiger partial charge in [0.1, 0.15) is 0 Å². The van der Waals surface area contributed by atoms with Gasteiger partial charge in [-0.3, -0.25) is 4.79 Å². The minimum absolute atomic E-state index is 0.0301. The Morgan fingerprint density at radius 1 is 1.38 bits per heavy atom. The van der Waals surface area contributed by atoms with Crippen LogP contribution < -0.4 is 16.4 Å². The molecule has 0 aliphatic carbocycles. The largest absolute Gasteiger partial charge is 0.338 e. The van der Waals surface area contributed by atoms with Gasteiger partial charge in [-0.25, -0.2) is 4.79 Å². The van der Waals surface area contributed by atoms with E-state index >= 15 is 0 Å². The highest BCUT2D eigenvalue weighted by molar-refractivity contribution is 8.00. The minimum atomic E-state index is -0.0301. The molecule has 0 radical (unpaired) electrons. The summed E-state index contributed by atoms with van der Waals surface area (Å²) in [5.74, 6) is 1.27. The van der Waals surface area contributed by atoms with E-state index in [2.05, 4.69) is 10.6 Å². The van der Waals surface area contributed by atoms with Gasteiger partial charge in [-0.2, -0.15) is 11.8 Å². The first kappa shape index (κ1) is 17.9. The zero-order valence-electron chi connectivity index (χ0n) is 14.5. The predicted octanol–water partition coefficient (Wildman–Crippen LogP) is 1.44. The third kappa shape index (κ3) is 3.99. The third-order valence-electron chi connectivity index (χ3n) is 5.54. The molecule has 4 N–H and O–H groups in total. The SMILES string of the molecule is CC(N)C1CCCCN1C(=O)CCCC[C@@H]1SC[C@@H]2NC(=O)N[C@@H]21. The number of nitrogens with zero attached hydrogens (tertiary/aromatic N) is 1. The van der Waals surface area contributed by atoms with Crippen molar-refractivity contribution in [1.82, 2.24) is 15.5 Å². The summed E-state index contributed by atoms with van der Waals surface area (Å²) in [6.07, 6.45) is 6.98. The second-order valence-corrected chi connectivity index (χ2v) is 8.65. The van der Waals surface area contributed by atoms with E-state index in [1.807, 2.05) is 23.6 Å². The van der Waals surface area contributed by atoms with Gasteiger partial charge < -0.3 is 21.3 Å². The highest BCUT2D eigenvalue weighted by atomic mass is 32.2. The summed E-state index contributed by atoms with van der Waals surface area (Å²) in [5.41, 5.74) is 6.06. The van der Waals surface area contributed by atoms with Crippen LogP contribution in [0.4, 0.5) is 4.79 Å². The number of nitrogens with two attached hydrogens (primary N) is 1. The molecular formula is C17H30N4O2S. The Labute approximate surface area is 148 Å². The van der Waals surface area contributed by atoms with E-state index in [4.69, 9.17) is 5.73 Å². The van der Waals surface area contributed by atoms with Crippen LogP contribution in [0.5, 0.6) is 0 Å². The van der Waals surface area contributed by atoms with Crippen molar-refractivity contribution in [2.75, 3.05) is 12.3 Å². The van der Waals surface area contributed by atoms with Gasteiger partial charge in [0.15, 0.2) is 0 Å². The maximum absolute atomic E-state index is 12.5. The van der Waals surface area contributed by atoms with Gasteiger partial charge in [0, 0.05) is 36.1 Å². The van der Waals surface area contributed by atoms with E-state index in [1.54, 1.807) is 0 Å². The lowest BCUT2D eigenvalue weighted by atomic mass is 9.96.